The number of halogens is 3. The van der Waals surface area contributed by atoms with Gasteiger partial charge in [-0.2, -0.15) is 13.2 Å². The van der Waals surface area contributed by atoms with Crippen molar-refractivity contribution in [2.24, 2.45) is 0 Å². The molecular formula is C9H7F3N2O4S2. The molecule has 1 amide bonds. The van der Waals surface area contributed by atoms with Crippen molar-refractivity contribution in [3.63, 3.8) is 0 Å². The molecule has 6 nitrogen and oxygen atoms in total. The summed E-state index contributed by atoms with van der Waals surface area (Å²) in [4.78, 5) is 10.0. The lowest BCUT2D eigenvalue weighted by Gasteiger charge is -2.19. The highest BCUT2D eigenvalue weighted by molar-refractivity contribution is 7.92. The quantitative estimate of drug-likeness (QED) is 0.735. The summed E-state index contributed by atoms with van der Waals surface area (Å²) in [5.41, 5.74) is -0.728. The molecule has 0 saturated carbocycles. The van der Waals surface area contributed by atoms with Gasteiger partial charge in [-0.3, -0.25) is 9.00 Å². The van der Waals surface area contributed by atoms with Crippen molar-refractivity contribution in [2.45, 2.75) is 15.3 Å². The molecule has 0 spiro atoms. The monoisotopic (exact) mass is 328 g/mol. The number of nitrogen functional groups attached to an aromatic ring is 1. The average Bonchev–Trinajstić information content (AvgIpc) is 2.25. The highest BCUT2D eigenvalue weighted by Gasteiger charge is 2.47. The number of alkyl halides is 3. The number of fused-ring (bicyclic) bond motifs is 1. The zero-order chi connectivity index (χ0) is 15.3. The summed E-state index contributed by atoms with van der Waals surface area (Å²) in [7, 11) is -7.42. The molecule has 3 N–H and O–H groups in total. The fraction of sp³-hybridized carbons (Fsp3) is 0.222. The molecule has 1 heterocycles. The first kappa shape index (κ1) is 14.8. The maximum absolute atomic E-state index is 12.5. The molecular weight excluding hydrogens is 321 g/mol. The highest BCUT2D eigenvalue weighted by Crippen LogP contribution is 2.37. The summed E-state index contributed by atoms with van der Waals surface area (Å²) in [5, 5.41) is 2.15. The number of carbonyl (C=O) groups excluding carboxylic acids is 1. The number of hydrogen-bond acceptors (Lipinski definition) is 5. The van der Waals surface area contributed by atoms with Crippen LogP contribution in [0.1, 0.15) is 0 Å². The minimum atomic E-state index is -5.60. The smallest absolute Gasteiger partial charge is 0.398 e. The topological polar surface area (TPSA) is 106 Å². The molecule has 1 atom stereocenters. The van der Waals surface area contributed by atoms with Crippen LogP contribution in [-0.2, 0) is 25.4 Å². The predicted octanol–water partition coefficient (Wildman–Crippen LogP) is 0.622. The molecule has 1 unspecified atom stereocenters. The molecule has 11 heteroatoms. The second kappa shape index (κ2) is 4.45. The maximum Gasteiger partial charge on any atom is 0.501 e. The van der Waals surface area contributed by atoms with Gasteiger partial charge in [0.05, 0.1) is 32.0 Å². The van der Waals surface area contributed by atoms with E-state index in [0.717, 1.165) is 0 Å². The minimum absolute atomic E-state index is 0.0780. The van der Waals surface area contributed by atoms with E-state index in [1.54, 1.807) is 0 Å². The number of rotatable bonds is 1. The van der Waals surface area contributed by atoms with Gasteiger partial charge in [0.25, 0.3) is 9.84 Å². The third-order valence-electron chi connectivity index (χ3n) is 2.47. The van der Waals surface area contributed by atoms with Gasteiger partial charge < -0.3 is 11.1 Å². The molecule has 0 aromatic heterocycles. The summed E-state index contributed by atoms with van der Waals surface area (Å²) in [6.45, 7) is 0. The van der Waals surface area contributed by atoms with Gasteiger partial charge >= 0.3 is 5.51 Å². The Labute approximate surface area is 113 Å². The van der Waals surface area contributed by atoms with Gasteiger partial charge in [-0.25, -0.2) is 8.42 Å². The van der Waals surface area contributed by atoms with Gasteiger partial charge in [0.2, 0.25) is 5.91 Å². The zero-order valence-corrected chi connectivity index (χ0v) is 11.2. The minimum Gasteiger partial charge on any atom is -0.398 e. The Kier molecular flexibility index (Phi) is 3.29. The van der Waals surface area contributed by atoms with E-state index < -0.39 is 36.9 Å². The van der Waals surface area contributed by atoms with Crippen LogP contribution in [0.4, 0.5) is 24.5 Å². The van der Waals surface area contributed by atoms with Gasteiger partial charge in [0.1, 0.15) is 5.75 Å². The Morgan fingerprint density at radius 1 is 1.30 bits per heavy atom. The summed E-state index contributed by atoms with van der Waals surface area (Å²) in [6.07, 6.45) is 0. The van der Waals surface area contributed by atoms with Crippen molar-refractivity contribution in [2.75, 3.05) is 16.8 Å². The second-order valence-electron chi connectivity index (χ2n) is 3.88. The van der Waals surface area contributed by atoms with Crippen LogP contribution >= 0.6 is 0 Å². The normalized spacial score (nSPS) is 19.4. The third kappa shape index (κ3) is 2.26. The number of anilines is 2. The first-order valence-corrected chi connectivity index (χ1v) is 7.77. The molecule has 1 aromatic carbocycles. The first-order valence-electron chi connectivity index (χ1n) is 4.97. The number of nitrogens with two attached hydrogens (primary N) is 1. The first-order chi connectivity index (χ1) is 9.04. The van der Waals surface area contributed by atoms with Crippen molar-refractivity contribution < 1.29 is 30.6 Å². The second-order valence-corrected chi connectivity index (χ2v) is 7.21. The van der Waals surface area contributed by atoms with Crippen LogP contribution in [0.2, 0.25) is 0 Å². The van der Waals surface area contributed by atoms with Crippen molar-refractivity contribution in [3.8, 4) is 0 Å². The third-order valence-corrected chi connectivity index (χ3v) is 5.37. The van der Waals surface area contributed by atoms with Crippen LogP contribution in [0.15, 0.2) is 21.9 Å². The fourth-order valence-electron chi connectivity index (χ4n) is 1.64. The standard InChI is InChI=1S/C9H7F3N2O4S2/c10-9(11,12)20(17,18)4-1-5(13)8-6(2-4)14-7(15)3-19(8)16/h1-2H,3,13H2,(H,14,15). The number of benzene rings is 1. The van der Waals surface area contributed by atoms with Crippen molar-refractivity contribution in [3.05, 3.63) is 12.1 Å². The molecule has 1 aromatic rings. The molecule has 0 bridgehead atoms. The van der Waals surface area contributed by atoms with Gasteiger partial charge in [0, 0.05) is 0 Å². The van der Waals surface area contributed by atoms with E-state index in [4.69, 9.17) is 5.73 Å². The van der Waals surface area contributed by atoms with Crippen LogP contribution in [0.5, 0.6) is 0 Å². The number of amides is 1. The summed E-state index contributed by atoms with van der Waals surface area (Å²) in [6, 6.07) is 1.18. The number of nitrogens with one attached hydrogen (secondary N) is 1. The molecule has 0 aliphatic carbocycles. The van der Waals surface area contributed by atoms with E-state index in [1.807, 2.05) is 0 Å². The molecule has 0 fully saturated rings. The van der Waals surface area contributed by atoms with Gasteiger partial charge in [-0.05, 0) is 12.1 Å². The van der Waals surface area contributed by atoms with Gasteiger partial charge in [0.15, 0.2) is 0 Å². The number of carbonyl (C=O) groups is 1. The van der Waals surface area contributed by atoms with E-state index in [-0.39, 0.29) is 22.0 Å². The van der Waals surface area contributed by atoms with E-state index in [9.17, 15) is 30.6 Å². The van der Waals surface area contributed by atoms with Crippen LogP contribution < -0.4 is 11.1 Å². The Morgan fingerprint density at radius 2 is 1.90 bits per heavy atom. The van der Waals surface area contributed by atoms with Crippen molar-refractivity contribution in [1.29, 1.82) is 0 Å². The molecule has 0 saturated heterocycles. The van der Waals surface area contributed by atoms with Crippen LogP contribution in [0.25, 0.3) is 0 Å². The van der Waals surface area contributed by atoms with Crippen LogP contribution in [-0.4, -0.2) is 29.8 Å². The average molecular weight is 328 g/mol. The Balaban J connectivity index is 2.68. The summed E-state index contributed by atoms with van der Waals surface area (Å²) >= 11 is 0. The van der Waals surface area contributed by atoms with Crippen molar-refractivity contribution in [1.82, 2.24) is 0 Å². The lowest BCUT2D eigenvalue weighted by Crippen LogP contribution is -2.28. The van der Waals surface area contributed by atoms with Crippen LogP contribution in [0.3, 0.4) is 0 Å². The van der Waals surface area contributed by atoms with E-state index in [0.29, 0.717) is 12.1 Å². The molecule has 20 heavy (non-hydrogen) atoms. The SMILES string of the molecule is Nc1cc(S(=O)(=O)C(F)(F)F)cc2c1S(=O)CC(=O)N2. The van der Waals surface area contributed by atoms with Crippen LogP contribution in [0, 0.1) is 0 Å². The summed E-state index contributed by atoms with van der Waals surface area (Å²) in [5.74, 6) is -1.08. The highest BCUT2D eigenvalue weighted by atomic mass is 32.2. The lowest BCUT2D eigenvalue weighted by molar-refractivity contribution is -0.114. The predicted molar refractivity (Wildman–Crippen MR) is 64.0 cm³/mol. The molecule has 0 radical (unpaired) electrons. The largest absolute Gasteiger partial charge is 0.501 e. The number of sulfone groups is 1. The lowest BCUT2D eigenvalue weighted by atomic mass is 10.2. The van der Waals surface area contributed by atoms with E-state index >= 15 is 0 Å². The molecule has 2 rings (SSSR count). The zero-order valence-electron chi connectivity index (χ0n) is 9.52. The Bertz CT molecular complexity index is 727. The summed E-state index contributed by atoms with van der Waals surface area (Å²) < 4.78 is 71.6. The van der Waals surface area contributed by atoms with Crippen molar-refractivity contribution >= 4 is 37.9 Å². The fourth-order valence-corrected chi connectivity index (χ4v) is 3.59. The van der Waals surface area contributed by atoms with Gasteiger partial charge in [-0.15, -0.1) is 0 Å². The van der Waals surface area contributed by atoms with Gasteiger partial charge in [-0.1, -0.05) is 0 Å². The molecule has 1 aliphatic heterocycles. The Morgan fingerprint density at radius 3 is 2.45 bits per heavy atom. The maximum atomic E-state index is 12.5. The molecule has 110 valence electrons. The number of hydrogen-bond donors (Lipinski definition) is 2. The molecule has 1 aliphatic rings. The van der Waals surface area contributed by atoms with E-state index in [1.165, 1.54) is 0 Å². The van der Waals surface area contributed by atoms with E-state index in [2.05, 4.69) is 5.32 Å². The Hall–Kier alpha value is -1.62.